The van der Waals surface area contributed by atoms with Crippen molar-refractivity contribution < 1.29 is 71.7 Å². The van der Waals surface area contributed by atoms with Gasteiger partial charge in [0.2, 0.25) is 11.7 Å². The Hall–Kier alpha value is -5.70. The quantitative estimate of drug-likeness (QED) is 0.0547. The molecule has 0 bridgehead atoms. The zero-order chi connectivity index (χ0) is 42.6. The summed E-state index contributed by atoms with van der Waals surface area (Å²) in [5.41, 5.74) is 3.32. The van der Waals surface area contributed by atoms with Crippen LogP contribution in [0.5, 0.6) is 0 Å². The smallest absolute Gasteiger partial charge is 0.408 e. The number of esters is 2. The maximum Gasteiger partial charge on any atom is 0.408 e. The van der Waals surface area contributed by atoms with E-state index in [9.17, 15) is 33.6 Å². The lowest BCUT2D eigenvalue weighted by atomic mass is 10.2. The largest absolute Gasteiger partial charge is 0.480 e. The van der Waals surface area contributed by atoms with Gasteiger partial charge in [0.15, 0.2) is 0 Å². The lowest BCUT2D eigenvalue weighted by Gasteiger charge is -2.20. The Morgan fingerprint density at radius 2 is 1.14 bits per heavy atom. The first-order valence-electron chi connectivity index (χ1n) is 16.4. The molecule has 0 saturated carbocycles. The number of carbonyl (C=O) groups excluding carboxylic acids is 6. The number of amidine groups is 1. The van der Waals surface area contributed by atoms with Crippen LogP contribution in [0.25, 0.3) is 0 Å². The third kappa shape index (κ3) is 28.8. The van der Waals surface area contributed by atoms with Crippen LogP contribution in [0.4, 0.5) is 14.4 Å². The van der Waals surface area contributed by atoms with Crippen LogP contribution < -0.4 is 21.7 Å². The van der Waals surface area contributed by atoms with Crippen LogP contribution in [-0.2, 0) is 42.9 Å². The second kappa shape index (κ2) is 26.2. The standard InChI is InChI=1S/C12H21N3O6.C12H19N3O5.C8H15NO4.2CH4/c1-6-19-10(17)8(13)15-21-9(16)7(2)14-11(18)20-12(3,4)5;1-6-18-10(16)8-14-9(20-15-8)7(2)13-11(17)19-12(3,4)5;1-5(6(10)11)9-7(12)13-8(2,3)4;;/h7H,6H2,1-5H3,(H2,13,15)(H,14,18);7H,6H2,1-5H3,(H,13,17);5H,1-4H3,(H,9,12)(H,10,11);2*1H4/t2*7-;5-;;/m000../s1. The third-order valence-corrected chi connectivity index (χ3v) is 4.91. The van der Waals surface area contributed by atoms with Crippen molar-refractivity contribution in [3.8, 4) is 0 Å². The summed E-state index contributed by atoms with van der Waals surface area (Å²) in [6, 6.07) is -2.55. The molecule has 0 saturated heterocycles. The van der Waals surface area contributed by atoms with Crippen molar-refractivity contribution in [1.82, 2.24) is 26.1 Å². The number of carboxylic acids is 1. The molecular weight excluding hydrogens is 746 g/mol. The van der Waals surface area contributed by atoms with Crippen LogP contribution in [0.2, 0.25) is 0 Å². The molecule has 22 nitrogen and oxygen atoms in total. The third-order valence-electron chi connectivity index (χ3n) is 4.91. The van der Waals surface area contributed by atoms with E-state index >= 15 is 0 Å². The highest BCUT2D eigenvalue weighted by atomic mass is 16.7. The van der Waals surface area contributed by atoms with E-state index in [-0.39, 0.29) is 39.8 Å². The van der Waals surface area contributed by atoms with E-state index in [4.69, 9.17) is 34.3 Å². The fourth-order valence-corrected chi connectivity index (χ4v) is 2.74. The molecule has 0 aliphatic carbocycles. The van der Waals surface area contributed by atoms with Gasteiger partial charge in [-0.25, -0.2) is 28.8 Å². The number of rotatable bonds is 10. The van der Waals surface area contributed by atoms with Crippen molar-refractivity contribution >= 4 is 48.0 Å². The predicted molar refractivity (Wildman–Crippen MR) is 201 cm³/mol. The van der Waals surface area contributed by atoms with Gasteiger partial charge in [0.1, 0.15) is 34.9 Å². The van der Waals surface area contributed by atoms with E-state index in [1.165, 1.54) is 13.8 Å². The topological polar surface area (TPSA) is 308 Å². The second-order valence-electron chi connectivity index (χ2n) is 13.7. The molecule has 6 N–H and O–H groups in total. The van der Waals surface area contributed by atoms with Crippen molar-refractivity contribution in [3.05, 3.63) is 11.7 Å². The number of hydrogen-bond acceptors (Lipinski definition) is 17. The van der Waals surface area contributed by atoms with Crippen LogP contribution in [0.3, 0.4) is 0 Å². The Morgan fingerprint density at radius 3 is 1.54 bits per heavy atom. The minimum Gasteiger partial charge on any atom is -0.480 e. The lowest BCUT2D eigenvalue weighted by Crippen LogP contribution is -2.42. The second-order valence-corrected chi connectivity index (χ2v) is 13.7. The van der Waals surface area contributed by atoms with Gasteiger partial charge in [0.25, 0.3) is 5.82 Å². The molecule has 0 aliphatic heterocycles. The number of hydrogen-bond donors (Lipinski definition) is 5. The van der Waals surface area contributed by atoms with E-state index in [1.54, 1.807) is 83.1 Å². The number of nitrogens with two attached hydrogens (primary N) is 1. The molecule has 0 radical (unpaired) electrons. The Bertz CT molecular complexity index is 1440. The van der Waals surface area contributed by atoms with Gasteiger partial charge in [0, 0.05) is 0 Å². The summed E-state index contributed by atoms with van der Waals surface area (Å²) < 4.78 is 29.1. The molecule has 3 amide bonds. The summed E-state index contributed by atoms with van der Waals surface area (Å²) in [7, 11) is 0. The Balaban J connectivity index is -0.000000366. The molecule has 324 valence electrons. The van der Waals surface area contributed by atoms with Gasteiger partial charge < -0.3 is 59.8 Å². The van der Waals surface area contributed by atoms with Gasteiger partial charge in [-0.2, -0.15) is 4.98 Å². The monoisotopic (exact) mass is 809 g/mol. The van der Waals surface area contributed by atoms with Crippen LogP contribution in [0, 0.1) is 0 Å². The first kappa shape index (κ1) is 57.0. The van der Waals surface area contributed by atoms with Gasteiger partial charge in [-0.15, -0.1) is 0 Å². The fourth-order valence-electron chi connectivity index (χ4n) is 2.74. The minimum absolute atomic E-state index is 0. The molecule has 1 aromatic heterocycles. The van der Waals surface area contributed by atoms with Gasteiger partial charge in [-0.1, -0.05) is 20.0 Å². The van der Waals surface area contributed by atoms with Gasteiger partial charge >= 0.3 is 42.2 Å². The highest BCUT2D eigenvalue weighted by Crippen LogP contribution is 2.13. The van der Waals surface area contributed by atoms with Crippen LogP contribution in [0.15, 0.2) is 9.68 Å². The molecule has 56 heavy (non-hydrogen) atoms. The van der Waals surface area contributed by atoms with Gasteiger partial charge in [0.05, 0.1) is 13.2 Å². The Kier molecular flexibility index (Phi) is 26.6. The number of alkyl carbamates (subject to hydrolysis) is 3. The Morgan fingerprint density at radius 1 is 0.732 bits per heavy atom. The molecule has 1 heterocycles. The molecule has 0 spiro atoms. The van der Waals surface area contributed by atoms with E-state index in [2.05, 4.69) is 40.8 Å². The molecule has 1 rings (SSSR count). The highest BCUT2D eigenvalue weighted by molar-refractivity contribution is 6.34. The number of aromatic nitrogens is 2. The first-order chi connectivity index (χ1) is 24.5. The number of ether oxygens (including phenoxy) is 5. The SMILES string of the molecule is C.C.CCOC(=O)C(N)=NOC(=O)[C@H](C)NC(=O)OC(C)(C)C.CCOC(=O)c1noc([C@H](C)NC(=O)OC(C)(C)C)n1.C[C@H](NC(=O)OC(C)(C)C)C(=O)O. The van der Waals surface area contributed by atoms with Crippen LogP contribution in [-0.4, -0.2) is 105 Å². The summed E-state index contributed by atoms with van der Waals surface area (Å²) in [6.07, 6.45) is -2.11. The molecule has 0 aliphatic rings. The highest BCUT2D eigenvalue weighted by Gasteiger charge is 2.25. The number of oxime groups is 1. The number of nitrogens with one attached hydrogen (secondary N) is 3. The predicted octanol–water partition coefficient (Wildman–Crippen LogP) is 4.37. The van der Waals surface area contributed by atoms with E-state index < -0.39 is 82.9 Å². The number of nitrogens with zero attached hydrogens (tertiary/aromatic N) is 3. The summed E-state index contributed by atoms with van der Waals surface area (Å²) in [5, 5.41) is 22.0. The lowest BCUT2D eigenvalue weighted by molar-refractivity contribution is -0.146. The van der Waals surface area contributed by atoms with E-state index in [1.807, 2.05) is 0 Å². The maximum absolute atomic E-state index is 11.6. The molecular formula is C34H63N7O15. The molecule has 0 aromatic carbocycles. The summed E-state index contributed by atoms with van der Waals surface area (Å²) in [6.45, 7) is 23.4. The van der Waals surface area contributed by atoms with Gasteiger partial charge in [-0.05, 0) is 102 Å². The summed E-state index contributed by atoms with van der Waals surface area (Å²) in [5.74, 6) is -4.27. The molecule has 22 heteroatoms. The van der Waals surface area contributed by atoms with Crippen molar-refractivity contribution in [2.24, 2.45) is 10.9 Å². The molecule has 0 fully saturated rings. The number of amides is 3. The van der Waals surface area contributed by atoms with Crippen molar-refractivity contribution in [3.63, 3.8) is 0 Å². The average Bonchev–Trinajstić information content (AvgIpc) is 3.48. The molecule has 0 unspecified atom stereocenters. The maximum atomic E-state index is 11.6. The number of aliphatic carboxylic acids is 1. The van der Waals surface area contributed by atoms with Crippen molar-refractivity contribution in [2.75, 3.05) is 13.2 Å². The van der Waals surface area contributed by atoms with Crippen molar-refractivity contribution in [2.45, 2.75) is 147 Å². The fraction of sp³-hybridized carbons (Fsp3) is 0.706. The summed E-state index contributed by atoms with van der Waals surface area (Å²) >= 11 is 0. The van der Waals surface area contributed by atoms with E-state index in [0.29, 0.717) is 0 Å². The minimum atomic E-state index is -1.09. The van der Waals surface area contributed by atoms with E-state index in [0.717, 1.165) is 0 Å². The number of carboxylic acid groups (broad SMARTS) is 1. The number of carbonyl (C=O) groups is 7. The molecule has 1 aromatic rings. The summed E-state index contributed by atoms with van der Waals surface area (Å²) in [4.78, 5) is 86.6. The van der Waals surface area contributed by atoms with Crippen LogP contribution >= 0.6 is 0 Å². The zero-order valence-corrected chi connectivity index (χ0v) is 33.2. The first-order valence-corrected chi connectivity index (χ1v) is 16.4. The normalized spacial score (nSPS) is 12.5. The average molecular weight is 810 g/mol. The Labute approximate surface area is 328 Å². The van der Waals surface area contributed by atoms with Crippen LogP contribution in [0.1, 0.15) is 134 Å². The van der Waals surface area contributed by atoms with Gasteiger partial charge in [-0.3, -0.25) is 4.79 Å². The zero-order valence-electron chi connectivity index (χ0n) is 33.2. The molecule has 3 atom stereocenters. The van der Waals surface area contributed by atoms with Crippen molar-refractivity contribution in [1.29, 1.82) is 0 Å².